The van der Waals surface area contributed by atoms with Crippen molar-refractivity contribution >= 4 is 28.1 Å². The molecule has 3 heterocycles. The Bertz CT molecular complexity index is 1510. The fourth-order valence-corrected chi connectivity index (χ4v) is 4.45. The van der Waals surface area contributed by atoms with Crippen LogP contribution in [0.15, 0.2) is 80.7 Å². The number of oxazole rings is 2. The van der Waals surface area contributed by atoms with E-state index in [1.54, 1.807) is 12.1 Å². The lowest BCUT2D eigenvalue weighted by Gasteiger charge is -2.26. The highest BCUT2D eigenvalue weighted by Gasteiger charge is 2.36. The topological polar surface area (TPSA) is 92.3 Å². The molecular formula is C24H17N3O4. The van der Waals surface area contributed by atoms with Gasteiger partial charge in [0.1, 0.15) is 5.52 Å². The highest BCUT2D eigenvalue weighted by molar-refractivity contribution is 5.99. The van der Waals surface area contributed by atoms with Gasteiger partial charge >= 0.3 is 5.76 Å². The standard InChI is InChI=1S/C24H17N3O4/c28-23-17-6-2-1-5-16(17)20(11-15-4-3-7-19-22(15)30-13-25-19)27(23)12-14-8-9-18-21(10-14)31-24(29)26-18/h1-10,13,20H,11-12H2,(H,26,29). The minimum absolute atomic E-state index is 0.0130. The zero-order valence-electron chi connectivity index (χ0n) is 16.4. The van der Waals surface area contributed by atoms with Gasteiger partial charge in [0, 0.05) is 18.5 Å². The van der Waals surface area contributed by atoms with Crippen LogP contribution in [-0.4, -0.2) is 20.8 Å². The summed E-state index contributed by atoms with van der Waals surface area (Å²) in [6.45, 7) is 0.398. The van der Waals surface area contributed by atoms with Crippen molar-refractivity contribution in [3.05, 3.63) is 99.9 Å². The normalized spacial score (nSPS) is 15.8. The van der Waals surface area contributed by atoms with Gasteiger partial charge in [-0.15, -0.1) is 0 Å². The molecule has 7 heteroatoms. The molecule has 3 aromatic carbocycles. The monoisotopic (exact) mass is 411 g/mol. The maximum Gasteiger partial charge on any atom is 0.417 e. The number of benzene rings is 3. The van der Waals surface area contributed by atoms with Crippen molar-refractivity contribution in [2.24, 2.45) is 0 Å². The van der Waals surface area contributed by atoms with E-state index in [0.29, 0.717) is 29.6 Å². The fraction of sp³-hybridized carbons (Fsp3) is 0.125. The van der Waals surface area contributed by atoms with E-state index in [0.717, 1.165) is 27.8 Å². The number of carbonyl (C=O) groups excluding carboxylic acids is 1. The summed E-state index contributed by atoms with van der Waals surface area (Å²) in [5, 5.41) is 0. The van der Waals surface area contributed by atoms with Gasteiger partial charge in [-0.05, 0) is 41.0 Å². The van der Waals surface area contributed by atoms with Gasteiger partial charge in [-0.3, -0.25) is 9.78 Å². The van der Waals surface area contributed by atoms with Crippen LogP contribution >= 0.6 is 0 Å². The predicted octanol–water partition coefficient (Wildman–Crippen LogP) is 4.20. The van der Waals surface area contributed by atoms with Crippen LogP contribution in [0.4, 0.5) is 0 Å². The molecule has 7 nitrogen and oxygen atoms in total. The van der Waals surface area contributed by atoms with E-state index in [4.69, 9.17) is 8.83 Å². The number of H-pyrrole nitrogens is 1. The summed E-state index contributed by atoms with van der Waals surface area (Å²) in [5.41, 5.74) is 6.27. The second-order valence-corrected chi connectivity index (χ2v) is 7.70. The Morgan fingerprint density at radius 1 is 1.03 bits per heavy atom. The number of para-hydroxylation sites is 1. The molecule has 152 valence electrons. The van der Waals surface area contributed by atoms with E-state index in [1.165, 1.54) is 6.39 Å². The van der Waals surface area contributed by atoms with Gasteiger partial charge in [0.2, 0.25) is 0 Å². The first kappa shape index (κ1) is 17.7. The first-order valence-electron chi connectivity index (χ1n) is 10.00. The third-order valence-corrected chi connectivity index (χ3v) is 5.88. The van der Waals surface area contributed by atoms with Gasteiger partial charge in [0.15, 0.2) is 17.6 Å². The summed E-state index contributed by atoms with van der Waals surface area (Å²) >= 11 is 0. The number of nitrogens with zero attached hydrogens (tertiary/aromatic N) is 2. The Labute approximate surface area is 175 Å². The highest BCUT2D eigenvalue weighted by atomic mass is 16.4. The zero-order valence-corrected chi connectivity index (χ0v) is 16.4. The maximum atomic E-state index is 13.3. The van der Waals surface area contributed by atoms with Crippen LogP contribution in [0.1, 0.15) is 33.1 Å². The summed E-state index contributed by atoms with van der Waals surface area (Å²) < 4.78 is 10.8. The number of rotatable bonds is 4. The molecule has 0 fully saturated rings. The summed E-state index contributed by atoms with van der Waals surface area (Å²) in [6, 6.07) is 19.0. The number of aromatic amines is 1. The number of fused-ring (bicyclic) bond motifs is 3. The Morgan fingerprint density at radius 2 is 1.94 bits per heavy atom. The lowest BCUT2D eigenvalue weighted by molar-refractivity contribution is 0.0709. The molecule has 0 spiro atoms. The number of hydrogen-bond acceptors (Lipinski definition) is 5. The van der Waals surface area contributed by atoms with Crippen molar-refractivity contribution < 1.29 is 13.6 Å². The molecule has 1 aliphatic heterocycles. The molecular weight excluding hydrogens is 394 g/mol. The molecule has 1 amide bonds. The average molecular weight is 411 g/mol. The molecule has 1 unspecified atom stereocenters. The van der Waals surface area contributed by atoms with Gasteiger partial charge < -0.3 is 13.7 Å². The molecule has 0 saturated carbocycles. The predicted molar refractivity (Wildman–Crippen MR) is 114 cm³/mol. The van der Waals surface area contributed by atoms with Crippen molar-refractivity contribution in [2.45, 2.75) is 19.0 Å². The van der Waals surface area contributed by atoms with Gasteiger partial charge in [0.05, 0.1) is 11.6 Å². The average Bonchev–Trinajstić information content (AvgIpc) is 3.46. The maximum absolute atomic E-state index is 13.3. The SMILES string of the molecule is O=C1c2ccccc2C(Cc2cccc3ncoc23)N1Cc1ccc2[nH]c(=O)oc2c1. The lowest BCUT2D eigenvalue weighted by Crippen LogP contribution is -2.28. The number of nitrogens with one attached hydrogen (secondary N) is 1. The first-order valence-corrected chi connectivity index (χ1v) is 10.00. The second-order valence-electron chi connectivity index (χ2n) is 7.70. The number of hydrogen-bond donors (Lipinski definition) is 1. The molecule has 0 radical (unpaired) electrons. The molecule has 6 rings (SSSR count). The van der Waals surface area contributed by atoms with Crippen LogP contribution < -0.4 is 5.76 Å². The second kappa shape index (κ2) is 6.70. The van der Waals surface area contributed by atoms with Crippen LogP contribution in [-0.2, 0) is 13.0 Å². The van der Waals surface area contributed by atoms with Gasteiger partial charge in [-0.2, -0.15) is 0 Å². The molecule has 2 aromatic heterocycles. The van der Waals surface area contributed by atoms with E-state index in [2.05, 4.69) is 9.97 Å². The molecule has 1 atom stereocenters. The first-order chi connectivity index (χ1) is 15.2. The van der Waals surface area contributed by atoms with E-state index >= 15 is 0 Å². The third-order valence-electron chi connectivity index (χ3n) is 5.88. The Hall–Kier alpha value is -4.13. The summed E-state index contributed by atoms with van der Waals surface area (Å²) in [7, 11) is 0. The molecule has 0 bridgehead atoms. The third kappa shape index (κ3) is 2.85. The van der Waals surface area contributed by atoms with Crippen LogP contribution in [0.3, 0.4) is 0 Å². The molecule has 0 aliphatic carbocycles. The lowest BCUT2D eigenvalue weighted by atomic mass is 9.97. The molecule has 31 heavy (non-hydrogen) atoms. The van der Waals surface area contributed by atoms with E-state index in [1.807, 2.05) is 53.4 Å². The molecule has 1 aliphatic rings. The smallest absolute Gasteiger partial charge is 0.417 e. The van der Waals surface area contributed by atoms with Crippen molar-refractivity contribution in [3.8, 4) is 0 Å². The molecule has 5 aromatic rings. The van der Waals surface area contributed by atoms with Crippen LogP contribution in [0.5, 0.6) is 0 Å². The zero-order chi connectivity index (χ0) is 20.9. The largest absolute Gasteiger partial charge is 0.443 e. The van der Waals surface area contributed by atoms with Gasteiger partial charge in [-0.25, -0.2) is 9.78 Å². The Morgan fingerprint density at radius 3 is 2.87 bits per heavy atom. The summed E-state index contributed by atoms with van der Waals surface area (Å²) in [4.78, 5) is 33.5. The summed E-state index contributed by atoms with van der Waals surface area (Å²) in [5.74, 6) is -0.504. The van der Waals surface area contributed by atoms with Gasteiger partial charge in [-0.1, -0.05) is 36.4 Å². The summed E-state index contributed by atoms with van der Waals surface area (Å²) in [6.07, 6.45) is 2.05. The Balaban J connectivity index is 1.40. The van der Waals surface area contributed by atoms with E-state index in [9.17, 15) is 9.59 Å². The fourth-order valence-electron chi connectivity index (χ4n) is 4.45. The van der Waals surface area contributed by atoms with Crippen molar-refractivity contribution in [2.75, 3.05) is 0 Å². The van der Waals surface area contributed by atoms with E-state index in [-0.39, 0.29) is 11.9 Å². The van der Waals surface area contributed by atoms with Crippen LogP contribution in [0.2, 0.25) is 0 Å². The van der Waals surface area contributed by atoms with E-state index < -0.39 is 5.76 Å². The minimum Gasteiger partial charge on any atom is -0.443 e. The van der Waals surface area contributed by atoms with Crippen molar-refractivity contribution in [1.29, 1.82) is 0 Å². The van der Waals surface area contributed by atoms with Crippen LogP contribution in [0.25, 0.3) is 22.2 Å². The minimum atomic E-state index is -0.491. The van der Waals surface area contributed by atoms with Crippen LogP contribution in [0, 0.1) is 0 Å². The van der Waals surface area contributed by atoms with Gasteiger partial charge in [0.25, 0.3) is 5.91 Å². The molecule has 0 saturated heterocycles. The number of aromatic nitrogens is 2. The molecule has 1 N–H and O–H groups in total. The Kier molecular flexibility index (Phi) is 3.83. The highest BCUT2D eigenvalue weighted by Crippen LogP contribution is 2.38. The quantitative estimate of drug-likeness (QED) is 0.478. The van der Waals surface area contributed by atoms with Crippen molar-refractivity contribution in [3.63, 3.8) is 0 Å². The number of carbonyl (C=O) groups is 1. The van der Waals surface area contributed by atoms with Crippen molar-refractivity contribution in [1.82, 2.24) is 14.9 Å². The number of amides is 1.